The lowest BCUT2D eigenvalue weighted by Crippen LogP contribution is -2.29. The van der Waals surface area contributed by atoms with Crippen LogP contribution in [0.15, 0.2) is 41.3 Å². The smallest absolute Gasteiger partial charge is 0.262 e. The molecule has 1 aliphatic rings. The van der Waals surface area contributed by atoms with Gasteiger partial charge in [-0.1, -0.05) is 18.2 Å². The fourth-order valence-electron chi connectivity index (χ4n) is 3.10. The molecule has 7 nitrogen and oxygen atoms in total. The minimum absolute atomic E-state index is 0.0259. The van der Waals surface area contributed by atoms with Crippen molar-refractivity contribution < 1.29 is 21.6 Å². The lowest BCUT2D eigenvalue weighted by atomic mass is 10.1. The molecule has 1 N–H and O–H groups in total. The van der Waals surface area contributed by atoms with Crippen LogP contribution in [0.25, 0.3) is 0 Å². The van der Waals surface area contributed by atoms with Gasteiger partial charge in [-0.3, -0.25) is 9.52 Å². The molecule has 1 fully saturated rings. The number of para-hydroxylation sites is 1. The first-order chi connectivity index (χ1) is 12.5. The fourth-order valence-corrected chi connectivity index (χ4v) is 5.98. The number of carbonyl (C=O) groups excluding carboxylic acids is 1. The number of aryl methyl sites for hydroxylation is 3. The second-order valence-corrected chi connectivity index (χ2v) is 10.1. The molecule has 1 amide bonds. The molecule has 0 atom stereocenters. The van der Waals surface area contributed by atoms with E-state index < -0.39 is 26.0 Å². The summed E-state index contributed by atoms with van der Waals surface area (Å²) in [5.41, 5.74) is 2.60. The fraction of sp³-hybridized carbons (Fsp3) is 0.278. The summed E-state index contributed by atoms with van der Waals surface area (Å²) in [6.45, 7) is 5.19. The van der Waals surface area contributed by atoms with E-state index in [1.54, 1.807) is 6.92 Å². The predicted molar refractivity (Wildman–Crippen MR) is 104 cm³/mol. The summed E-state index contributed by atoms with van der Waals surface area (Å²) < 4.78 is 53.1. The zero-order chi connectivity index (χ0) is 20.0. The van der Waals surface area contributed by atoms with Gasteiger partial charge in [0.1, 0.15) is 0 Å². The second kappa shape index (κ2) is 6.65. The zero-order valence-electron chi connectivity index (χ0n) is 15.2. The molecular formula is C18H20N2O5S2. The van der Waals surface area contributed by atoms with E-state index in [1.807, 2.05) is 32.0 Å². The second-order valence-electron chi connectivity index (χ2n) is 6.55. The van der Waals surface area contributed by atoms with Gasteiger partial charge < -0.3 is 0 Å². The third-order valence-electron chi connectivity index (χ3n) is 4.48. The SMILES string of the molecule is Cc1cc(N2C(=O)CCS2(=O)=O)ccc1S(=O)(=O)Nc1c(C)cccc1C. The Bertz CT molecular complexity index is 1120. The van der Waals surface area contributed by atoms with Crippen LogP contribution in [0.2, 0.25) is 0 Å². The largest absolute Gasteiger partial charge is 0.279 e. The maximum Gasteiger partial charge on any atom is 0.262 e. The minimum atomic E-state index is -3.87. The molecule has 0 aliphatic carbocycles. The molecule has 0 radical (unpaired) electrons. The first-order valence-corrected chi connectivity index (χ1v) is 11.4. The van der Waals surface area contributed by atoms with Crippen molar-refractivity contribution >= 4 is 37.3 Å². The average molecular weight is 409 g/mol. The Hall–Kier alpha value is -2.39. The summed E-state index contributed by atoms with van der Waals surface area (Å²) in [6.07, 6.45) is -0.0739. The van der Waals surface area contributed by atoms with E-state index in [2.05, 4.69) is 4.72 Å². The number of benzene rings is 2. The summed E-state index contributed by atoms with van der Waals surface area (Å²) in [7, 11) is -7.57. The zero-order valence-corrected chi connectivity index (χ0v) is 16.8. The lowest BCUT2D eigenvalue weighted by Gasteiger charge is -2.18. The van der Waals surface area contributed by atoms with Gasteiger partial charge in [0.15, 0.2) is 0 Å². The number of hydrogen-bond acceptors (Lipinski definition) is 5. The van der Waals surface area contributed by atoms with E-state index in [0.717, 1.165) is 15.4 Å². The molecule has 0 unspecified atom stereocenters. The topological polar surface area (TPSA) is 101 Å². The Morgan fingerprint density at radius 3 is 2.15 bits per heavy atom. The Kier molecular flexibility index (Phi) is 4.77. The number of rotatable bonds is 4. The first-order valence-electron chi connectivity index (χ1n) is 8.28. The van der Waals surface area contributed by atoms with Gasteiger partial charge >= 0.3 is 0 Å². The van der Waals surface area contributed by atoms with Crippen molar-refractivity contribution in [2.24, 2.45) is 0 Å². The highest BCUT2D eigenvalue weighted by molar-refractivity contribution is 7.94. The van der Waals surface area contributed by atoms with Crippen LogP contribution in [0.4, 0.5) is 11.4 Å². The van der Waals surface area contributed by atoms with Crippen LogP contribution in [0, 0.1) is 20.8 Å². The van der Waals surface area contributed by atoms with Gasteiger partial charge in [-0.15, -0.1) is 0 Å². The molecule has 1 heterocycles. The standard InChI is InChI=1S/C18H20N2O5S2/c1-12-5-4-6-13(2)18(12)19-27(24,25)16-8-7-15(11-14(16)3)20-17(21)9-10-26(20,22)23/h4-8,11,19H,9-10H2,1-3H3. The number of nitrogens with one attached hydrogen (secondary N) is 1. The highest BCUT2D eigenvalue weighted by Crippen LogP contribution is 2.30. The molecule has 0 spiro atoms. The van der Waals surface area contributed by atoms with E-state index in [-0.39, 0.29) is 22.8 Å². The molecule has 0 saturated carbocycles. The molecule has 144 valence electrons. The Morgan fingerprint density at radius 2 is 1.63 bits per heavy atom. The summed E-state index contributed by atoms with van der Waals surface area (Å²) in [5.74, 6) is -0.752. The van der Waals surface area contributed by atoms with Gasteiger partial charge in [0, 0.05) is 6.42 Å². The molecule has 2 aromatic carbocycles. The van der Waals surface area contributed by atoms with E-state index in [4.69, 9.17) is 0 Å². The first kappa shape index (κ1) is 19.4. The number of anilines is 2. The molecule has 0 bridgehead atoms. The summed E-state index contributed by atoms with van der Waals surface area (Å²) in [6, 6.07) is 9.53. The number of amides is 1. The van der Waals surface area contributed by atoms with E-state index in [1.165, 1.54) is 18.2 Å². The lowest BCUT2D eigenvalue weighted by molar-refractivity contribution is -0.116. The van der Waals surface area contributed by atoms with Crippen LogP contribution >= 0.6 is 0 Å². The van der Waals surface area contributed by atoms with Crippen LogP contribution in [0.5, 0.6) is 0 Å². The minimum Gasteiger partial charge on any atom is -0.279 e. The van der Waals surface area contributed by atoms with Crippen molar-refractivity contribution in [3.05, 3.63) is 53.1 Å². The third-order valence-corrected chi connectivity index (χ3v) is 7.68. The third kappa shape index (κ3) is 3.57. The molecular weight excluding hydrogens is 388 g/mol. The molecule has 0 aromatic heterocycles. The van der Waals surface area contributed by atoms with Crippen molar-refractivity contribution in [2.75, 3.05) is 14.8 Å². The van der Waals surface area contributed by atoms with Crippen LogP contribution in [-0.4, -0.2) is 28.5 Å². The number of carbonyl (C=O) groups is 1. The van der Waals surface area contributed by atoms with E-state index >= 15 is 0 Å². The van der Waals surface area contributed by atoms with Crippen molar-refractivity contribution in [1.29, 1.82) is 0 Å². The van der Waals surface area contributed by atoms with Gasteiger partial charge in [0.05, 0.1) is 22.0 Å². The van der Waals surface area contributed by atoms with Gasteiger partial charge in [0.25, 0.3) is 10.0 Å². The molecule has 1 aliphatic heterocycles. The van der Waals surface area contributed by atoms with Crippen molar-refractivity contribution in [1.82, 2.24) is 0 Å². The van der Waals surface area contributed by atoms with Gasteiger partial charge in [0.2, 0.25) is 15.9 Å². The summed E-state index contributed by atoms with van der Waals surface area (Å²) >= 11 is 0. The normalized spacial score (nSPS) is 16.6. The molecule has 27 heavy (non-hydrogen) atoms. The monoisotopic (exact) mass is 408 g/mol. The highest BCUT2D eigenvalue weighted by Gasteiger charge is 2.36. The Balaban J connectivity index is 2.00. The van der Waals surface area contributed by atoms with Gasteiger partial charge in [-0.05, 0) is 55.7 Å². The van der Waals surface area contributed by atoms with Crippen LogP contribution < -0.4 is 9.03 Å². The van der Waals surface area contributed by atoms with Crippen LogP contribution in [0.3, 0.4) is 0 Å². The summed E-state index contributed by atoms with van der Waals surface area (Å²) in [4.78, 5) is 11.9. The highest BCUT2D eigenvalue weighted by atomic mass is 32.2. The maximum absolute atomic E-state index is 12.8. The van der Waals surface area contributed by atoms with Crippen LogP contribution in [-0.2, 0) is 24.8 Å². The maximum atomic E-state index is 12.8. The van der Waals surface area contributed by atoms with Gasteiger partial charge in [-0.25, -0.2) is 21.1 Å². The van der Waals surface area contributed by atoms with E-state index in [0.29, 0.717) is 11.3 Å². The van der Waals surface area contributed by atoms with Crippen molar-refractivity contribution in [2.45, 2.75) is 32.1 Å². The van der Waals surface area contributed by atoms with E-state index in [9.17, 15) is 21.6 Å². The number of sulfonamides is 2. The predicted octanol–water partition coefficient (Wildman–Crippen LogP) is 2.48. The quantitative estimate of drug-likeness (QED) is 0.838. The molecule has 1 saturated heterocycles. The van der Waals surface area contributed by atoms with Gasteiger partial charge in [-0.2, -0.15) is 0 Å². The average Bonchev–Trinajstić information content (AvgIpc) is 2.84. The number of hydrogen-bond donors (Lipinski definition) is 1. The van der Waals surface area contributed by atoms with Crippen LogP contribution in [0.1, 0.15) is 23.1 Å². The Morgan fingerprint density at radius 1 is 1.00 bits per heavy atom. The number of nitrogens with zero attached hydrogens (tertiary/aromatic N) is 1. The van der Waals surface area contributed by atoms with Crippen molar-refractivity contribution in [3.63, 3.8) is 0 Å². The molecule has 9 heteroatoms. The Labute approximate surface area is 159 Å². The summed E-state index contributed by atoms with van der Waals surface area (Å²) in [5, 5.41) is 0. The molecule has 2 aromatic rings. The molecule has 3 rings (SSSR count). The van der Waals surface area contributed by atoms with Crippen molar-refractivity contribution in [3.8, 4) is 0 Å².